The first-order valence-corrected chi connectivity index (χ1v) is 4.17. The van der Waals surface area contributed by atoms with E-state index in [1.54, 1.807) is 6.92 Å². The molecule has 0 bridgehead atoms. The van der Waals surface area contributed by atoms with E-state index in [4.69, 9.17) is 0 Å². The fourth-order valence-corrected chi connectivity index (χ4v) is 0.766. The van der Waals surface area contributed by atoms with Crippen molar-refractivity contribution in [2.24, 2.45) is 5.92 Å². The zero-order valence-electron chi connectivity index (χ0n) is 7.58. The lowest BCUT2D eigenvalue weighted by atomic mass is 9.94. The molecule has 0 aliphatic carbocycles. The molecule has 0 heterocycles. The maximum absolute atomic E-state index is 13.2. The van der Waals surface area contributed by atoms with Gasteiger partial charge in [-0.1, -0.05) is 20.8 Å². The van der Waals surface area contributed by atoms with Gasteiger partial charge >= 0.3 is 0 Å². The Morgan fingerprint density at radius 3 is 2.20 bits per heavy atom. The molecule has 0 radical (unpaired) electrons. The van der Waals surface area contributed by atoms with Gasteiger partial charge in [0.05, 0.1) is 0 Å². The first-order chi connectivity index (χ1) is 4.48. The first-order valence-electron chi connectivity index (χ1n) is 4.17. The Kier molecular flexibility index (Phi) is 3.92. The molecule has 0 saturated heterocycles. The maximum Gasteiger partial charge on any atom is 0.108 e. The predicted molar refractivity (Wildman–Crippen MR) is 43.9 cm³/mol. The van der Waals surface area contributed by atoms with Gasteiger partial charge in [0.1, 0.15) is 5.67 Å². The molecule has 0 aromatic carbocycles. The minimum Gasteiger partial charge on any atom is -0.244 e. The second kappa shape index (κ2) is 3.95. The summed E-state index contributed by atoms with van der Waals surface area (Å²) in [6.45, 7) is 7.85. The zero-order chi connectivity index (χ0) is 8.20. The van der Waals surface area contributed by atoms with Crippen LogP contribution in [-0.4, -0.2) is 5.67 Å². The minimum absolute atomic E-state index is 0.627. The van der Waals surface area contributed by atoms with Gasteiger partial charge in [0.25, 0.3) is 0 Å². The second-order valence-corrected chi connectivity index (χ2v) is 3.70. The van der Waals surface area contributed by atoms with Gasteiger partial charge < -0.3 is 0 Å². The van der Waals surface area contributed by atoms with Gasteiger partial charge in [0.2, 0.25) is 0 Å². The van der Waals surface area contributed by atoms with E-state index < -0.39 is 5.67 Å². The molecule has 0 amide bonds. The molecule has 0 aliphatic rings. The van der Waals surface area contributed by atoms with Crippen molar-refractivity contribution in [1.82, 2.24) is 0 Å². The lowest BCUT2D eigenvalue weighted by molar-refractivity contribution is 0.158. The van der Waals surface area contributed by atoms with E-state index in [9.17, 15) is 4.39 Å². The topological polar surface area (TPSA) is 0 Å². The first kappa shape index (κ1) is 9.93. The third-order valence-corrected chi connectivity index (χ3v) is 1.98. The van der Waals surface area contributed by atoms with Crippen LogP contribution in [-0.2, 0) is 0 Å². The van der Waals surface area contributed by atoms with Crippen molar-refractivity contribution in [1.29, 1.82) is 0 Å². The lowest BCUT2D eigenvalue weighted by Gasteiger charge is -2.18. The number of hydrogen-bond acceptors (Lipinski definition) is 0. The number of rotatable bonds is 4. The fourth-order valence-electron chi connectivity index (χ4n) is 0.766. The number of hydrogen-bond donors (Lipinski definition) is 0. The van der Waals surface area contributed by atoms with Crippen LogP contribution in [0.4, 0.5) is 4.39 Å². The Morgan fingerprint density at radius 1 is 1.40 bits per heavy atom. The van der Waals surface area contributed by atoms with Crippen molar-refractivity contribution in [3.8, 4) is 0 Å². The zero-order valence-corrected chi connectivity index (χ0v) is 7.58. The summed E-state index contributed by atoms with van der Waals surface area (Å²) in [6, 6.07) is 0. The van der Waals surface area contributed by atoms with E-state index in [-0.39, 0.29) is 0 Å². The van der Waals surface area contributed by atoms with E-state index >= 15 is 0 Å². The van der Waals surface area contributed by atoms with Crippen LogP contribution in [0.1, 0.15) is 47.0 Å². The van der Waals surface area contributed by atoms with Crippen LogP contribution in [0.5, 0.6) is 0 Å². The van der Waals surface area contributed by atoms with Crippen molar-refractivity contribution >= 4 is 0 Å². The molecule has 10 heavy (non-hydrogen) atoms. The molecule has 0 nitrogen and oxygen atoms in total. The summed E-state index contributed by atoms with van der Waals surface area (Å²) in [4.78, 5) is 0. The highest BCUT2D eigenvalue weighted by Crippen LogP contribution is 2.23. The van der Waals surface area contributed by atoms with E-state index in [1.165, 1.54) is 0 Å². The van der Waals surface area contributed by atoms with Gasteiger partial charge in [0, 0.05) is 0 Å². The predicted octanol–water partition coefficient (Wildman–Crippen LogP) is 3.56. The van der Waals surface area contributed by atoms with Crippen molar-refractivity contribution in [3.05, 3.63) is 0 Å². The minimum atomic E-state index is -0.926. The van der Waals surface area contributed by atoms with Crippen LogP contribution < -0.4 is 0 Å². The largest absolute Gasteiger partial charge is 0.244 e. The molecule has 0 aromatic rings. The smallest absolute Gasteiger partial charge is 0.108 e. The average Bonchev–Trinajstić information content (AvgIpc) is 1.85. The second-order valence-electron chi connectivity index (χ2n) is 3.70. The Morgan fingerprint density at radius 2 is 1.90 bits per heavy atom. The molecular formula is C9H19F. The van der Waals surface area contributed by atoms with E-state index in [0.717, 1.165) is 6.42 Å². The molecular weight excluding hydrogens is 126 g/mol. The molecule has 0 aromatic heterocycles. The Hall–Kier alpha value is -0.0700. The summed E-state index contributed by atoms with van der Waals surface area (Å²) in [5, 5.41) is 0. The third kappa shape index (κ3) is 4.78. The molecule has 0 unspecified atom stereocenters. The van der Waals surface area contributed by atoms with Gasteiger partial charge in [0.15, 0.2) is 0 Å². The summed E-state index contributed by atoms with van der Waals surface area (Å²) in [7, 11) is 0. The van der Waals surface area contributed by atoms with Crippen LogP contribution in [0.2, 0.25) is 0 Å². The molecule has 0 N–H and O–H groups in total. The van der Waals surface area contributed by atoms with Crippen molar-refractivity contribution < 1.29 is 4.39 Å². The molecule has 62 valence electrons. The SMILES string of the molecule is CC[C@@](C)([18F])CCC(C)C. The lowest BCUT2D eigenvalue weighted by Crippen LogP contribution is -2.16. The van der Waals surface area contributed by atoms with Crippen LogP contribution in [0, 0.1) is 5.92 Å². The summed E-state index contributed by atoms with van der Waals surface area (Å²) >= 11 is 0. The number of alkyl halides is 1. The number of halogens is 1. The molecule has 0 spiro atoms. The quantitative estimate of drug-likeness (QED) is 0.567. The van der Waals surface area contributed by atoms with Gasteiger partial charge in [-0.05, 0) is 32.1 Å². The normalized spacial score (nSPS) is 17.4. The highest BCUT2D eigenvalue weighted by molar-refractivity contribution is 4.70. The van der Waals surface area contributed by atoms with Crippen LogP contribution in [0.3, 0.4) is 0 Å². The van der Waals surface area contributed by atoms with Gasteiger partial charge in [-0.25, -0.2) is 4.39 Å². The standard InChI is InChI=1S/C9H19F/c1-5-9(4,10)7-6-8(2)3/h8H,5-7H2,1-4H3/t9-/m1/s1/i10-1. The van der Waals surface area contributed by atoms with Crippen LogP contribution in [0.25, 0.3) is 0 Å². The van der Waals surface area contributed by atoms with E-state index in [0.29, 0.717) is 18.8 Å². The van der Waals surface area contributed by atoms with Crippen LogP contribution in [0.15, 0.2) is 0 Å². The van der Waals surface area contributed by atoms with Crippen molar-refractivity contribution in [2.75, 3.05) is 0 Å². The molecule has 1 atom stereocenters. The average molecular weight is 145 g/mol. The highest BCUT2D eigenvalue weighted by atomic mass is 18.2. The highest BCUT2D eigenvalue weighted by Gasteiger charge is 2.19. The van der Waals surface area contributed by atoms with Crippen molar-refractivity contribution in [2.45, 2.75) is 52.6 Å². The van der Waals surface area contributed by atoms with Crippen LogP contribution >= 0.6 is 0 Å². The van der Waals surface area contributed by atoms with E-state index in [1.807, 2.05) is 6.92 Å². The monoisotopic (exact) mass is 145 g/mol. The summed E-state index contributed by atoms with van der Waals surface area (Å²) < 4.78 is 13.2. The van der Waals surface area contributed by atoms with Crippen molar-refractivity contribution in [3.63, 3.8) is 0 Å². The molecule has 0 saturated carbocycles. The van der Waals surface area contributed by atoms with E-state index in [2.05, 4.69) is 13.8 Å². The van der Waals surface area contributed by atoms with Gasteiger partial charge in [-0.15, -0.1) is 0 Å². The molecule has 0 rings (SSSR count). The Balaban J connectivity index is 3.46. The van der Waals surface area contributed by atoms with Gasteiger partial charge in [-0.3, -0.25) is 0 Å². The summed E-state index contributed by atoms with van der Waals surface area (Å²) in [5.74, 6) is 0.627. The summed E-state index contributed by atoms with van der Waals surface area (Å²) in [6.07, 6.45) is 2.35. The molecule has 0 aliphatic heterocycles. The van der Waals surface area contributed by atoms with Gasteiger partial charge in [-0.2, -0.15) is 0 Å². The maximum atomic E-state index is 13.2. The third-order valence-electron chi connectivity index (χ3n) is 1.98. The molecule has 0 fully saturated rings. The fraction of sp³-hybridized carbons (Fsp3) is 1.00. The summed E-state index contributed by atoms with van der Waals surface area (Å²) in [5.41, 5.74) is -0.926. The Bertz CT molecular complexity index is 84.7. The Labute approximate surface area is 63.8 Å². The molecule has 1 heteroatoms.